The second kappa shape index (κ2) is 5.07. The van der Waals surface area contributed by atoms with Gasteiger partial charge in [0.05, 0.1) is 0 Å². The first kappa shape index (κ1) is 12.6. The molecule has 0 aromatic heterocycles. The number of hydrazine groups is 1. The van der Waals surface area contributed by atoms with E-state index in [2.05, 4.69) is 10.2 Å². The van der Waals surface area contributed by atoms with E-state index in [0.29, 0.717) is 0 Å². The van der Waals surface area contributed by atoms with Crippen molar-refractivity contribution in [1.82, 2.24) is 5.43 Å². The van der Waals surface area contributed by atoms with Gasteiger partial charge in [-0.1, -0.05) is 19.1 Å². The van der Waals surface area contributed by atoms with Crippen LogP contribution in [0, 0.1) is 11.8 Å². The van der Waals surface area contributed by atoms with Crippen molar-refractivity contribution in [2.24, 2.45) is 17.7 Å². The van der Waals surface area contributed by atoms with Crippen LogP contribution in [0.3, 0.4) is 0 Å². The summed E-state index contributed by atoms with van der Waals surface area (Å²) in [6.07, 6.45) is 3.03. The fraction of sp³-hybridized carbons (Fsp3) is 0.400. The Balaban J connectivity index is 2.63. The fourth-order valence-electron chi connectivity index (χ4n) is 1.41. The van der Waals surface area contributed by atoms with Crippen molar-refractivity contribution in [3.63, 3.8) is 0 Å². The van der Waals surface area contributed by atoms with Crippen LogP contribution in [-0.4, -0.2) is 6.36 Å². The highest BCUT2D eigenvalue weighted by molar-refractivity contribution is 5.23. The van der Waals surface area contributed by atoms with Crippen LogP contribution in [0.4, 0.5) is 13.2 Å². The van der Waals surface area contributed by atoms with Crippen LogP contribution in [0.2, 0.25) is 0 Å². The number of rotatable bonds is 3. The molecule has 0 spiro atoms. The minimum absolute atomic E-state index is 0.0108. The predicted molar refractivity (Wildman–Crippen MR) is 53.5 cm³/mol. The molecule has 0 bridgehead atoms. The van der Waals surface area contributed by atoms with Gasteiger partial charge in [0.1, 0.15) is 5.76 Å². The lowest BCUT2D eigenvalue weighted by molar-refractivity contribution is -0.303. The molecular weight excluding hydrogens is 221 g/mol. The minimum Gasteiger partial charge on any atom is -0.406 e. The topological polar surface area (TPSA) is 47.3 Å². The molecule has 0 fully saturated rings. The zero-order valence-electron chi connectivity index (χ0n) is 8.66. The van der Waals surface area contributed by atoms with E-state index in [4.69, 9.17) is 5.84 Å². The number of halogens is 3. The lowest BCUT2D eigenvalue weighted by atomic mass is 9.89. The highest BCUT2D eigenvalue weighted by atomic mass is 19.4. The van der Waals surface area contributed by atoms with E-state index < -0.39 is 6.36 Å². The molecule has 2 unspecified atom stereocenters. The van der Waals surface area contributed by atoms with E-state index in [1.807, 2.05) is 0 Å². The number of allylic oxidation sites excluding steroid dienone is 4. The molecule has 0 radical (unpaired) electrons. The largest absolute Gasteiger partial charge is 0.573 e. The van der Waals surface area contributed by atoms with E-state index in [1.165, 1.54) is 18.4 Å². The fourth-order valence-corrected chi connectivity index (χ4v) is 1.41. The van der Waals surface area contributed by atoms with E-state index in [9.17, 15) is 13.2 Å². The Morgan fingerprint density at radius 1 is 1.50 bits per heavy atom. The quantitative estimate of drug-likeness (QED) is 0.581. The summed E-state index contributed by atoms with van der Waals surface area (Å²) in [5.41, 5.74) is 2.34. The van der Waals surface area contributed by atoms with Crippen molar-refractivity contribution in [1.29, 1.82) is 0 Å². The van der Waals surface area contributed by atoms with Gasteiger partial charge in [0, 0.05) is 12.1 Å². The SMILES string of the molecule is CC1C=C(OC(F)(F)F)C=CC1/C=C/NN. The van der Waals surface area contributed by atoms with Gasteiger partial charge in [-0.25, -0.2) is 0 Å². The van der Waals surface area contributed by atoms with Gasteiger partial charge in [-0.2, -0.15) is 0 Å². The van der Waals surface area contributed by atoms with Gasteiger partial charge in [0.2, 0.25) is 0 Å². The molecule has 6 heteroatoms. The number of hydrogen-bond acceptors (Lipinski definition) is 3. The molecule has 0 heterocycles. The normalized spacial score (nSPS) is 25.7. The highest BCUT2D eigenvalue weighted by Crippen LogP contribution is 2.28. The Morgan fingerprint density at radius 2 is 2.19 bits per heavy atom. The number of nitrogens with two attached hydrogens (primary N) is 1. The maximum Gasteiger partial charge on any atom is 0.573 e. The van der Waals surface area contributed by atoms with Gasteiger partial charge in [-0.15, -0.1) is 13.2 Å². The average molecular weight is 234 g/mol. The van der Waals surface area contributed by atoms with Crippen molar-refractivity contribution in [2.75, 3.05) is 0 Å². The van der Waals surface area contributed by atoms with Crippen LogP contribution in [-0.2, 0) is 4.74 Å². The summed E-state index contributed by atoms with van der Waals surface area (Å²) in [6, 6.07) is 0. The zero-order valence-corrected chi connectivity index (χ0v) is 8.66. The summed E-state index contributed by atoms with van der Waals surface area (Å²) in [5, 5.41) is 0. The van der Waals surface area contributed by atoms with E-state index in [0.717, 1.165) is 0 Å². The van der Waals surface area contributed by atoms with Gasteiger partial charge >= 0.3 is 6.36 Å². The van der Waals surface area contributed by atoms with Gasteiger partial charge in [-0.05, 0) is 18.1 Å². The van der Waals surface area contributed by atoms with Crippen LogP contribution in [0.5, 0.6) is 0 Å². The van der Waals surface area contributed by atoms with Crippen LogP contribution in [0.15, 0.2) is 36.3 Å². The molecular formula is C10H13F3N2O. The molecule has 3 nitrogen and oxygen atoms in total. The van der Waals surface area contributed by atoms with E-state index in [1.54, 1.807) is 19.1 Å². The molecule has 90 valence electrons. The molecule has 2 atom stereocenters. The molecule has 16 heavy (non-hydrogen) atoms. The molecule has 0 aliphatic heterocycles. The zero-order chi connectivity index (χ0) is 12.2. The third kappa shape index (κ3) is 3.98. The van der Waals surface area contributed by atoms with Crippen molar-refractivity contribution in [3.8, 4) is 0 Å². The van der Waals surface area contributed by atoms with Crippen molar-refractivity contribution < 1.29 is 17.9 Å². The molecule has 0 aromatic rings. The monoisotopic (exact) mass is 234 g/mol. The van der Waals surface area contributed by atoms with Gasteiger partial charge < -0.3 is 10.2 Å². The summed E-state index contributed by atoms with van der Waals surface area (Å²) in [6.45, 7) is 1.80. The second-order valence-electron chi connectivity index (χ2n) is 3.44. The first-order chi connectivity index (χ1) is 7.42. The standard InChI is InChI=1S/C10H13F3N2O/c1-7-6-9(16-10(11,12)13)3-2-8(7)4-5-15-14/h2-8,15H,14H2,1H3/b5-4+. The summed E-state index contributed by atoms with van der Waals surface area (Å²) < 4.78 is 39.6. The van der Waals surface area contributed by atoms with Gasteiger partial charge in [0.25, 0.3) is 0 Å². The van der Waals surface area contributed by atoms with E-state index in [-0.39, 0.29) is 17.6 Å². The highest BCUT2D eigenvalue weighted by Gasteiger charge is 2.32. The van der Waals surface area contributed by atoms with Crippen LogP contribution >= 0.6 is 0 Å². The number of ether oxygens (including phenoxy) is 1. The lowest BCUT2D eigenvalue weighted by Crippen LogP contribution is -2.18. The minimum atomic E-state index is -4.64. The molecule has 0 saturated carbocycles. The number of hydrogen-bond donors (Lipinski definition) is 2. The maximum atomic E-state index is 11.9. The first-order valence-electron chi connectivity index (χ1n) is 4.71. The Bertz CT molecular complexity index is 321. The van der Waals surface area contributed by atoms with Crippen molar-refractivity contribution in [2.45, 2.75) is 13.3 Å². The van der Waals surface area contributed by atoms with Crippen LogP contribution in [0.25, 0.3) is 0 Å². The van der Waals surface area contributed by atoms with Crippen molar-refractivity contribution in [3.05, 3.63) is 36.3 Å². The summed E-state index contributed by atoms with van der Waals surface area (Å²) in [7, 11) is 0. The third-order valence-corrected chi connectivity index (χ3v) is 2.17. The Labute approximate surface area is 91.4 Å². The Kier molecular flexibility index (Phi) is 4.00. The average Bonchev–Trinajstić information content (AvgIpc) is 2.14. The maximum absolute atomic E-state index is 11.9. The summed E-state index contributed by atoms with van der Waals surface area (Å²) in [5.74, 6) is 4.81. The Hall–Kier alpha value is -1.43. The molecule has 3 N–H and O–H groups in total. The summed E-state index contributed by atoms with van der Waals surface area (Å²) in [4.78, 5) is 0. The smallest absolute Gasteiger partial charge is 0.406 e. The molecule has 0 saturated heterocycles. The molecule has 0 amide bonds. The number of alkyl halides is 3. The molecule has 0 aromatic carbocycles. The van der Waals surface area contributed by atoms with Crippen molar-refractivity contribution >= 4 is 0 Å². The van der Waals surface area contributed by atoms with Crippen LogP contribution < -0.4 is 11.3 Å². The van der Waals surface area contributed by atoms with E-state index >= 15 is 0 Å². The Morgan fingerprint density at radius 3 is 2.69 bits per heavy atom. The first-order valence-corrected chi connectivity index (χ1v) is 4.71. The predicted octanol–water partition coefficient (Wildman–Crippen LogP) is 2.21. The second-order valence-corrected chi connectivity index (χ2v) is 3.44. The number of nitrogens with one attached hydrogen (secondary N) is 1. The van der Waals surface area contributed by atoms with Gasteiger partial charge in [0.15, 0.2) is 0 Å². The molecule has 1 rings (SSSR count). The lowest BCUT2D eigenvalue weighted by Gasteiger charge is -2.20. The third-order valence-electron chi connectivity index (χ3n) is 2.17. The van der Waals surface area contributed by atoms with Crippen LogP contribution in [0.1, 0.15) is 6.92 Å². The molecule has 1 aliphatic rings. The molecule has 1 aliphatic carbocycles. The summed E-state index contributed by atoms with van der Waals surface area (Å²) >= 11 is 0. The van der Waals surface area contributed by atoms with Gasteiger partial charge in [-0.3, -0.25) is 5.84 Å².